The van der Waals surface area contributed by atoms with Gasteiger partial charge in [0.05, 0.1) is 7.11 Å². The van der Waals surface area contributed by atoms with Crippen molar-refractivity contribution in [1.29, 1.82) is 0 Å². The van der Waals surface area contributed by atoms with Gasteiger partial charge in [-0.15, -0.1) is 0 Å². The van der Waals surface area contributed by atoms with E-state index in [1.54, 1.807) is 32.2 Å². The summed E-state index contributed by atoms with van der Waals surface area (Å²) < 4.78 is 10.1. The molecule has 94 valence electrons. The third kappa shape index (κ3) is 3.71. The molecule has 0 radical (unpaired) electrons. The zero-order valence-corrected chi connectivity index (χ0v) is 10.3. The molecule has 0 atom stereocenters. The molecule has 0 unspecified atom stereocenters. The van der Waals surface area contributed by atoms with Crippen LogP contribution in [0.3, 0.4) is 0 Å². The molecule has 0 aromatic carbocycles. The maximum atomic E-state index is 11.4. The Kier molecular flexibility index (Phi) is 4.45. The minimum atomic E-state index is -1.07. The van der Waals surface area contributed by atoms with Gasteiger partial charge < -0.3 is 14.6 Å². The lowest BCUT2D eigenvalue weighted by Gasteiger charge is -2.22. The van der Waals surface area contributed by atoms with Crippen LogP contribution < -0.4 is 4.74 Å². The Labute approximate surface area is 100 Å². The Morgan fingerprint density at radius 2 is 2.18 bits per heavy atom. The standard InChI is InChI=1S/C12H17NO4/c1-12(2,11(15)16-3)17-10-5-4-9(6-7-14)8-13-10/h4-5,8,14H,6-7H2,1-3H3. The first-order valence-corrected chi connectivity index (χ1v) is 5.33. The minimum absolute atomic E-state index is 0.0789. The molecule has 5 heteroatoms. The van der Waals surface area contributed by atoms with Gasteiger partial charge in [-0.05, 0) is 25.8 Å². The first-order chi connectivity index (χ1) is 7.99. The Morgan fingerprint density at radius 3 is 2.65 bits per heavy atom. The van der Waals surface area contributed by atoms with Crippen molar-refractivity contribution >= 4 is 5.97 Å². The van der Waals surface area contributed by atoms with Crippen LogP contribution >= 0.6 is 0 Å². The fraction of sp³-hybridized carbons (Fsp3) is 0.500. The molecule has 1 rings (SSSR count). The van der Waals surface area contributed by atoms with Crippen molar-refractivity contribution < 1.29 is 19.4 Å². The van der Waals surface area contributed by atoms with Crippen LogP contribution in [0.4, 0.5) is 0 Å². The summed E-state index contributed by atoms with van der Waals surface area (Å²) in [6.07, 6.45) is 2.16. The summed E-state index contributed by atoms with van der Waals surface area (Å²) in [6.45, 7) is 3.31. The number of hydrogen-bond acceptors (Lipinski definition) is 5. The van der Waals surface area contributed by atoms with Gasteiger partial charge in [-0.25, -0.2) is 9.78 Å². The first kappa shape index (κ1) is 13.4. The van der Waals surface area contributed by atoms with E-state index in [1.807, 2.05) is 0 Å². The van der Waals surface area contributed by atoms with E-state index in [2.05, 4.69) is 9.72 Å². The quantitative estimate of drug-likeness (QED) is 0.775. The summed E-state index contributed by atoms with van der Waals surface area (Å²) in [5, 5.41) is 8.76. The summed E-state index contributed by atoms with van der Waals surface area (Å²) >= 11 is 0. The number of methoxy groups -OCH3 is 1. The Balaban J connectivity index is 2.71. The highest BCUT2D eigenvalue weighted by Gasteiger charge is 2.31. The number of rotatable bonds is 5. The van der Waals surface area contributed by atoms with E-state index >= 15 is 0 Å². The van der Waals surface area contributed by atoms with Crippen LogP contribution in [0.2, 0.25) is 0 Å². The highest BCUT2D eigenvalue weighted by atomic mass is 16.6. The molecule has 1 aromatic heterocycles. The van der Waals surface area contributed by atoms with Crippen molar-refractivity contribution in [2.24, 2.45) is 0 Å². The molecule has 0 amide bonds. The topological polar surface area (TPSA) is 68.7 Å². The number of aliphatic hydroxyl groups is 1. The number of aliphatic hydroxyl groups excluding tert-OH is 1. The molecule has 0 aliphatic carbocycles. The molecule has 0 fully saturated rings. The van der Waals surface area contributed by atoms with Crippen molar-refractivity contribution in [2.45, 2.75) is 25.9 Å². The van der Waals surface area contributed by atoms with E-state index in [-0.39, 0.29) is 6.61 Å². The highest BCUT2D eigenvalue weighted by Crippen LogP contribution is 2.17. The number of hydrogen-bond donors (Lipinski definition) is 1. The second-order valence-corrected chi connectivity index (χ2v) is 4.08. The van der Waals surface area contributed by atoms with E-state index < -0.39 is 11.6 Å². The number of pyridine rings is 1. The van der Waals surface area contributed by atoms with Gasteiger partial charge in [0.1, 0.15) is 0 Å². The predicted molar refractivity (Wildman–Crippen MR) is 61.7 cm³/mol. The Bertz CT molecular complexity index is 373. The van der Waals surface area contributed by atoms with Crippen molar-refractivity contribution in [3.05, 3.63) is 23.9 Å². The second-order valence-electron chi connectivity index (χ2n) is 4.08. The summed E-state index contributed by atoms with van der Waals surface area (Å²) in [5.74, 6) is -0.110. The Hall–Kier alpha value is -1.62. The fourth-order valence-corrected chi connectivity index (χ4v) is 1.30. The van der Waals surface area contributed by atoms with Crippen molar-refractivity contribution in [2.75, 3.05) is 13.7 Å². The third-order valence-corrected chi connectivity index (χ3v) is 2.23. The first-order valence-electron chi connectivity index (χ1n) is 5.33. The number of ether oxygens (including phenoxy) is 2. The number of carbonyl (C=O) groups is 1. The van der Waals surface area contributed by atoms with Gasteiger partial charge >= 0.3 is 5.97 Å². The van der Waals surface area contributed by atoms with Gasteiger partial charge in [0.2, 0.25) is 11.5 Å². The van der Waals surface area contributed by atoms with Crippen molar-refractivity contribution in [3.8, 4) is 5.88 Å². The van der Waals surface area contributed by atoms with Crippen LogP contribution in [-0.4, -0.2) is 35.4 Å². The van der Waals surface area contributed by atoms with E-state index in [0.717, 1.165) is 5.56 Å². The van der Waals surface area contributed by atoms with E-state index in [9.17, 15) is 4.79 Å². The molecule has 0 aliphatic heterocycles. The molecule has 0 saturated heterocycles. The lowest BCUT2D eigenvalue weighted by molar-refractivity contribution is -0.156. The molecule has 1 heterocycles. The smallest absolute Gasteiger partial charge is 0.349 e. The van der Waals surface area contributed by atoms with Gasteiger partial charge in [0, 0.05) is 18.9 Å². The van der Waals surface area contributed by atoms with Gasteiger partial charge in [-0.2, -0.15) is 0 Å². The van der Waals surface area contributed by atoms with Crippen LogP contribution in [0.25, 0.3) is 0 Å². The predicted octanol–water partition coefficient (Wildman–Crippen LogP) is 0.947. The molecule has 5 nitrogen and oxygen atoms in total. The lowest BCUT2D eigenvalue weighted by atomic mass is 10.1. The zero-order chi connectivity index (χ0) is 12.9. The largest absolute Gasteiger partial charge is 0.466 e. The summed E-state index contributed by atoms with van der Waals surface area (Å²) in [4.78, 5) is 15.5. The van der Waals surface area contributed by atoms with E-state index in [4.69, 9.17) is 9.84 Å². The van der Waals surface area contributed by atoms with Gasteiger partial charge in [0.25, 0.3) is 0 Å². The third-order valence-electron chi connectivity index (χ3n) is 2.23. The second kappa shape index (κ2) is 5.63. The maximum absolute atomic E-state index is 11.4. The fourth-order valence-electron chi connectivity index (χ4n) is 1.30. The van der Waals surface area contributed by atoms with Crippen molar-refractivity contribution in [3.63, 3.8) is 0 Å². The molecule has 0 bridgehead atoms. The molecule has 0 aliphatic rings. The SMILES string of the molecule is COC(=O)C(C)(C)Oc1ccc(CCO)cn1. The van der Waals surface area contributed by atoms with Crippen LogP contribution in [0.5, 0.6) is 5.88 Å². The average molecular weight is 239 g/mol. The zero-order valence-electron chi connectivity index (χ0n) is 10.3. The minimum Gasteiger partial charge on any atom is -0.466 e. The molecule has 0 spiro atoms. The molecule has 0 saturated carbocycles. The molecule has 1 aromatic rings. The number of aromatic nitrogens is 1. The molecule has 17 heavy (non-hydrogen) atoms. The average Bonchev–Trinajstić information content (AvgIpc) is 2.30. The highest BCUT2D eigenvalue weighted by molar-refractivity contribution is 5.78. The van der Waals surface area contributed by atoms with Crippen LogP contribution in [0.1, 0.15) is 19.4 Å². The van der Waals surface area contributed by atoms with Crippen LogP contribution in [0, 0.1) is 0 Å². The lowest BCUT2D eigenvalue weighted by Crippen LogP contribution is -2.39. The molecular weight excluding hydrogens is 222 g/mol. The number of nitrogens with zero attached hydrogens (tertiary/aromatic N) is 1. The number of esters is 1. The normalized spacial score (nSPS) is 11.1. The van der Waals surface area contributed by atoms with Gasteiger partial charge in [-0.3, -0.25) is 0 Å². The van der Waals surface area contributed by atoms with Crippen molar-refractivity contribution in [1.82, 2.24) is 4.98 Å². The Morgan fingerprint density at radius 1 is 1.47 bits per heavy atom. The van der Waals surface area contributed by atoms with Gasteiger partial charge in [-0.1, -0.05) is 6.07 Å². The summed E-state index contributed by atoms with van der Waals surface area (Å²) in [6, 6.07) is 3.46. The maximum Gasteiger partial charge on any atom is 0.349 e. The summed E-state index contributed by atoms with van der Waals surface area (Å²) in [5.41, 5.74) is -0.156. The van der Waals surface area contributed by atoms with E-state index in [1.165, 1.54) is 7.11 Å². The number of carbonyl (C=O) groups excluding carboxylic acids is 1. The monoisotopic (exact) mass is 239 g/mol. The van der Waals surface area contributed by atoms with Crippen LogP contribution in [-0.2, 0) is 16.0 Å². The van der Waals surface area contributed by atoms with E-state index in [0.29, 0.717) is 12.3 Å². The van der Waals surface area contributed by atoms with Gasteiger partial charge in [0.15, 0.2) is 0 Å². The van der Waals surface area contributed by atoms with Crippen LogP contribution in [0.15, 0.2) is 18.3 Å². The molecule has 1 N–H and O–H groups in total. The molecular formula is C12H17NO4. The summed E-state index contributed by atoms with van der Waals surface area (Å²) in [7, 11) is 1.31.